The van der Waals surface area contributed by atoms with Crippen LogP contribution in [0.3, 0.4) is 0 Å². The van der Waals surface area contributed by atoms with Crippen molar-refractivity contribution in [2.45, 2.75) is 6.54 Å². The molecule has 0 aliphatic rings. The van der Waals surface area contributed by atoms with Crippen LogP contribution in [0.2, 0.25) is 5.02 Å². The number of halogens is 1. The number of aromatic nitrogens is 3. The summed E-state index contributed by atoms with van der Waals surface area (Å²) >= 11 is 5.77. The predicted molar refractivity (Wildman–Crippen MR) is 75.0 cm³/mol. The second kappa shape index (κ2) is 6.19. The van der Waals surface area contributed by atoms with Crippen molar-refractivity contribution in [3.63, 3.8) is 0 Å². The molecule has 8 heteroatoms. The van der Waals surface area contributed by atoms with Gasteiger partial charge in [-0.15, -0.1) is 5.10 Å². The summed E-state index contributed by atoms with van der Waals surface area (Å²) in [6, 6.07) is 6.85. The topological polar surface area (TPSA) is 105 Å². The highest BCUT2D eigenvalue weighted by Gasteiger charge is 2.18. The fraction of sp³-hybridized carbons (Fsp3) is 0.0769. The van der Waals surface area contributed by atoms with Gasteiger partial charge in [-0.1, -0.05) is 35.0 Å². The summed E-state index contributed by atoms with van der Waals surface area (Å²) in [5.74, 6) is -2.42. The van der Waals surface area contributed by atoms with Crippen LogP contribution in [0, 0.1) is 0 Å². The van der Waals surface area contributed by atoms with Crippen molar-refractivity contribution in [2.75, 3.05) is 0 Å². The van der Waals surface area contributed by atoms with Crippen molar-refractivity contribution in [1.29, 1.82) is 0 Å². The molecule has 0 aliphatic heterocycles. The second-order valence-electron chi connectivity index (χ2n) is 4.06. The van der Waals surface area contributed by atoms with Gasteiger partial charge in [0.15, 0.2) is 5.69 Å². The highest BCUT2D eigenvalue weighted by molar-refractivity contribution is 6.30. The van der Waals surface area contributed by atoms with E-state index >= 15 is 0 Å². The number of rotatable bonds is 5. The van der Waals surface area contributed by atoms with Crippen molar-refractivity contribution in [3.05, 3.63) is 46.2 Å². The van der Waals surface area contributed by atoms with E-state index in [1.807, 2.05) is 0 Å². The van der Waals surface area contributed by atoms with Crippen LogP contribution < -0.4 is 0 Å². The minimum absolute atomic E-state index is 0.111. The number of aliphatic carboxylic acids is 1. The Kier molecular flexibility index (Phi) is 4.34. The number of hydrogen-bond donors (Lipinski definition) is 2. The molecule has 0 radical (unpaired) electrons. The van der Waals surface area contributed by atoms with Gasteiger partial charge in [0.25, 0.3) is 0 Å². The van der Waals surface area contributed by atoms with Crippen molar-refractivity contribution in [3.8, 4) is 0 Å². The molecule has 0 fully saturated rings. The van der Waals surface area contributed by atoms with E-state index in [9.17, 15) is 9.59 Å². The third kappa shape index (κ3) is 3.67. The van der Waals surface area contributed by atoms with Crippen LogP contribution in [0.25, 0.3) is 12.2 Å². The van der Waals surface area contributed by atoms with Crippen LogP contribution in [-0.4, -0.2) is 37.1 Å². The van der Waals surface area contributed by atoms with Crippen LogP contribution in [-0.2, 0) is 11.3 Å². The fourth-order valence-electron chi connectivity index (χ4n) is 1.63. The Hall–Kier alpha value is -2.67. The Labute approximate surface area is 124 Å². The summed E-state index contributed by atoms with van der Waals surface area (Å²) in [5, 5.41) is 25.4. The van der Waals surface area contributed by atoms with Crippen LogP contribution in [0.5, 0.6) is 0 Å². The maximum Gasteiger partial charge on any atom is 0.358 e. The first kappa shape index (κ1) is 14.7. The summed E-state index contributed by atoms with van der Waals surface area (Å²) < 4.78 is 1.01. The van der Waals surface area contributed by atoms with Gasteiger partial charge in [-0.2, -0.15) is 0 Å². The Morgan fingerprint density at radius 2 is 1.86 bits per heavy atom. The maximum atomic E-state index is 11.1. The van der Waals surface area contributed by atoms with Crippen molar-refractivity contribution < 1.29 is 19.8 Å². The quantitative estimate of drug-likeness (QED) is 0.873. The van der Waals surface area contributed by atoms with E-state index in [0.717, 1.165) is 10.2 Å². The molecule has 0 atom stereocenters. The molecule has 0 bridgehead atoms. The fourth-order valence-corrected chi connectivity index (χ4v) is 1.76. The number of hydrogen-bond acceptors (Lipinski definition) is 4. The summed E-state index contributed by atoms with van der Waals surface area (Å²) in [5.41, 5.74) is 0.583. The summed E-state index contributed by atoms with van der Waals surface area (Å²) in [6.45, 7) is -0.472. The molecule has 0 aliphatic carbocycles. The molecule has 0 spiro atoms. The standard InChI is InChI=1S/C13H10ClN3O4/c14-9-4-1-8(2-5-9)3-6-10-12(13(20)21)15-16-17(10)7-11(18)19/h1-6H,7H2,(H,18,19)(H,20,21)/b6-3+. The van der Waals surface area contributed by atoms with E-state index in [1.54, 1.807) is 30.3 Å². The molecule has 2 aromatic rings. The van der Waals surface area contributed by atoms with Gasteiger partial charge in [0, 0.05) is 5.02 Å². The van der Waals surface area contributed by atoms with Crippen molar-refractivity contribution >= 4 is 35.7 Å². The predicted octanol–water partition coefficient (Wildman–Crippen LogP) is 1.88. The van der Waals surface area contributed by atoms with Crippen molar-refractivity contribution in [2.24, 2.45) is 0 Å². The van der Waals surface area contributed by atoms with Gasteiger partial charge in [0.05, 0.1) is 5.69 Å². The molecule has 2 N–H and O–H groups in total. The van der Waals surface area contributed by atoms with E-state index in [2.05, 4.69) is 10.3 Å². The SMILES string of the molecule is O=C(O)Cn1nnc(C(=O)O)c1/C=C/c1ccc(Cl)cc1. The Bertz CT molecular complexity index is 707. The summed E-state index contributed by atoms with van der Waals surface area (Å²) in [7, 11) is 0. The van der Waals surface area contributed by atoms with E-state index in [4.69, 9.17) is 21.8 Å². The normalized spacial score (nSPS) is 10.9. The third-order valence-electron chi connectivity index (χ3n) is 2.56. The van der Waals surface area contributed by atoms with Gasteiger partial charge in [-0.25, -0.2) is 9.48 Å². The first-order valence-corrected chi connectivity index (χ1v) is 6.17. The highest BCUT2D eigenvalue weighted by atomic mass is 35.5. The minimum Gasteiger partial charge on any atom is -0.480 e. The average Bonchev–Trinajstić information content (AvgIpc) is 2.80. The lowest BCUT2D eigenvalue weighted by Gasteiger charge is -2.00. The number of benzene rings is 1. The van der Waals surface area contributed by atoms with E-state index < -0.39 is 18.5 Å². The average molecular weight is 308 g/mol. The third-order valence-corrected chi connectivity index (χ3v) is 2.82. The molecule has 0 saturated carbocycles. The first-order valence-electron chi connectivity index (χ1n) is 5.79. The zero-order chi connectivity index (χ0) is 15.4. The van der Waals surface area contributed by atoms with Gasteiger partial charge in [-0.05, 0) is 23.8 Å². The Morgan fingerprint density at radius 3 is 2.43 bits per heavy atom. The van der Waals surface area contributed by atoms with Crippen LogP contribution in [0.15, 0.2) is 24.3 Å². The smallest absolute Gasteiger partial charge is 0.358 e. The molecule has 108 valence electrons. The van der Waals surface area contributed by atoms with E-state index in [-0.39, 0.29) is 11.4 Å². The number of nitrogens with zero attached hydrogens (tertiary/aromatic N) is 3. The molecule has 1 aromatic carbocycles. The van der Waals surface area contributed by atoms with Gasteiger partial charge >= 0.3 is 11.9 Å². The minimum atomic E-state index is -1.28. The maximum absolute atomic E-state index is 11.1. The van der Waals surface area contributed by atoms with Gasteiger partial charge in [0.1, 0.15) is 6.54 Å². The molecule has 21 heavy (non-hydrogen) atoms. The zero-order valence-electron chi connectivity index (χ0n) is 10.6. The molecule has 7 nitrogen and oxygen atoms in total. The number of aromatic carboxylic acids is 1. The molecular weight excluding hydrogens is 298 g/mol. The second-order valence-corrected chi connectivity index (χ2v) is 4.50. The highest BCUT2D eigenvalue weighted by Crippen LogP contribution is 2.14. The van der Waals surface area contributed by atoms with Gasteiger partial charge in [0.2, 0.25) is 0 Å². The molecule has 0 unspecified atom stereocenters. The van der Waals surface area contributed by atoms with Crippen LogP contribution >= 0.6 is 11.6 Å². The Morgan fingerprint density at radius 1 is 1.19 bits per heavy atom. The zero-order valence-corrected chi connectivity index (χ0v) is 11.4. The molecule has 1 heterocycles. The molecule has 0 saturated heterocycles. The van der Waals surface area contributed by atoms with Gasteiger partial charge in [-0.3, -0.25) is 4.79 Å². The van der Waals surface area contributed by atoms with Crippen molar-refractivity contribution in [1.82, 2.24) is 15.0 Å². The summed E-state index contributed by atoms with van der Waals surface area (Å²) in [4.78, 5) is 21.8. The molecular formula is C13H10ClN3O4. The molecule has 0 amide bonds. The monoisotopic (exact) mass is 307 g/mol. The number of carboxylic acid groups (broad SMARTS) is 2. The largest absolute Gasteiger partial charge is 0.480 e. The van der Waals surface area contributed by atoms with E-state index in [0.29, 0.717) is 5.02 Å². The lowest BCUT2D eigenvalue weighted by atomic mass is 10.2. The van der Waals surface area contributed by atoms with Crippen LogP contribution in [0.1, 0.15) is 21.7 Å². The van der Waals surface area contributed by atoms with Crippen LogP contribution in [0.4, 0.5) is 0 Å². The van der Waals surface area contributed by atoms with E-state index in [1.165, 1.54) is 6.08 Å². The lowest BCUT2D eigenvalue weighted by molar-refractivity contribution is -0.137. The lowest BCUT2D eigenvalue weighted by Crippen LogP contribution is -2.12. The Balaban J connectivity index is 2.36. The molecule has 1 aromatic heterocycles. The first-order chi connectivity index (χ1) is 9.97. The summed E-state index contributed by atoms with van der Waals surface area (Å²) in [6.07, 6.45) is 3.08. The number of carboxylic acids is 2. The van der Waals surface area contributed by atoms with Gasteiger partial charge < -0.3 is 10.2 Å². The number of carbonyl (C=O) groups is 2. The molecule has 2 rings (SSSR count).